The number of rotatable bonds is 5. The summed E-state index contributed by atoms with van der Waals surface area (Å²) in [5.74, 6) is -2.71. The molecular weight excluding hydrogens is 1040 g/mol. The Morgan fingerprint density at radius 2 is 1.18 bits per heavy atom. The number of ether oxygens (including phenoxy) is 15. The molecule has 0 aromatic heterocycles. The van der Waals surface area contributed by atoms with Crippen LogP contribution in [0.4, 0.5) is 0 Å². The van der Waals surface area contributed by atoms with Crippen LogP contribution in [0.3, 0.4) is 0 Å². The first-order chi connectivity index (χ1) is 38.5. The van der Waals surface area contributed by atoms with Gasteiger partial charge in [0.25, 0.3) is 0 Å². The molecule has 446 valence electrons. The van der Waals surface area contributed by atoms with Crippen molar-refractivity contribution in [2.45, 2.75) is 320 Å². The van der Waals surface area contributed by atoms with E-state index in [2.05, 4.69) is 40.9 Å². The van der Waals surface area contributed by atoms with Crippen molar-refractivity contribution in [1.29, 1.82) is 0 Å². The Morgan fingerprint density at radius 3 is 2.02 bits per heavy atom. The van der Waals surface area contributed by atoms with Gasteiger partial charge < -0.3 is 86.4 Å². The van der Waals surface area contributed by atoms with Crippen LogP contribution in [0.25, 0.3) is 0 Å². The minimum atomic E-state index is -0.919. The van der Waals surface area contributed by atoms with E-state index in [1.54, 1.807) is 0 Å². The lowest BCUT2D eigenvalue weighted by Gasteiger charge is -2.50. The molecule has 16 rings (SSSR count). The van der Waals surface area contributed by atoms with Crippen LogP contribution in [0.2, 0.25) is 0 Å². The van der Waals surface area contributed by atoms with Crippen molar-refractivity contribution in [2.24, 2.45) is 23.7 Å². The van der Waals surface area contributed by atoms with E-state index in [9.17, 15) is 20.1 Å². The Balaban J connectivity index is 0.649. The molecule has 0 aromatic carbocycles. The number of aliphatic hydroxyl groups excluding tert-OH is 3. The third kappa shape index (κ3) is 9.59. The van der Waals surface area contributed by atoms with Gasteiger partial charge in [-0.25, -0.2) is 0 Å². The van der Waals surface area contributed by atoms with Crippen LogP contribution >= 0.6 is 0 Å². The second kappa shape index (κ2) is 20.7. The van der Waals surface area contributed by atoms with E-state index in [-0.39, 0.29) is 146 Å². The maximum Gasteiger partial charge on any atom is 0.308 e. The van der Waals surface area contributed by atoms with E-state index in [1.165, 1.54) is 0 Å². The highest BCUT2D eigenvalue weighted by Gasteiger charge is 2.70. The molecule has 0 amide bonds. The standard InChI is InChI=1S/C61H88O19/c1-27-15-34-8-11-38-28(2)16-36(66-38)13-14-59-24-47-55(79-59)56-57(73-47)58(80-59)54-39(70-56)12-9-35(68-54)17-49(65)74-53-32(6)52-44(69-43(53)18-40(67-34)31(27)5)20-42-46(72-52)23-61(75-42)25-48-51(78-61)30(4)22-60(77-48)21-29(3)50-45(76-60)19-41(71-50)37(64)10-7-33(63)26-62/h27,29-30,32-48,50-58,62-64H,2,5,7-26H2,1,3-4,6H3/t27-,29+,30+,32+,33?,34+,35-,36+,37+,38+,39+,40-,41+,42-,43+,44+,45+,46-,47+,48+,50+,51+,52+,53-,54+,55-,56+,57-,58+,59+,60-,61+/m1/s1. The van der Waals surface area contributed by atoms with E-state index in [4.69, 9.17) is 71.1 Å². The molecule has 12 bridgehead atoms. The molecular formula is C61H88O19. The van der Waals surface area contributed by atoms with Gasteiger partial charge in [0.2, 0.25) is 0 Å². The van der Waals surface area contributed by atoms with Crippen molar-refractivity contribution in [3.05, 3.63) is 24.3 Å². The van der Waals surface area contributed by atoms with Crippen LogP contribution in [0.15, 0.2) is 24.3 Å². The highest BCUT2D eigenvalue weighted by Crippen LogP contribution is 2.58. The molecule has 19 nitrogen and oxygen atoms in total. The summed E-state index contributed by atoms with van der Waals surface area (Å²) in [6, 6.07) is 0. The van der Waals surface area contributed by atoms with Crippen LogP contribution in [0.5, 0.6) is 0 Å². The van der Waals surface area contributed by atoms with Crippen LogP contribution in [0.1, 0.15) is 150 Å². The van der Waals surface area contributed by atoms with Gasteiger partial charge in [-0.1, -0.05) is 40.9 Å². The van der Waals surface area contributed by atoms with Crippen molar-refractivity contribution in [3.8, 4) is 0 Å². The molecule has 0 radical (unpaired) electrons. The number of carbonyl (C=O) groups excluding carboxylic acids is 1. The van der Waals surface area contributed by atoms with Gasteiger partial charge in [0.15, 0.2) is 17.4 Å². The SMILES string of the molecule is C=C1C[C@@H]2CC[C@@]34C[C@@H]5O[C@H]6[C@@H](O3)[C@H]3O[C@H](CC[C@@H]3O[C@H]6[C@@H]5O4)CC(=O)O[C@@H]3[C@@H](C)[C@@H]4O[C@@H]5C[C@]6(C[C@@H]7O[C@]8(C[C@H](C)[C@@H]9O[C@H]([C@@H](O)CCC(O)CO)C[C@@H]9O8)C[C@H](C)[C@@H]7O6)O[C@@H]5C[C@@H]4O[C@H]3C[C@H]3O[C@@H](CC[C@@H]1O2)C[C@@H](C)C3=C. The molecule has 19 heteroatoms. The van der Waals surface area contributed by atoms with Crippen LogP contribution in [0, 0.1) is 23.7 Å². The molecule has 16 aliphatic rings. The number of hydrogen-bond acceptors (Lipinski definition) is 19. The number of aliphatic hydroxyl groups is 3. The molecule has 16 aliphatic heterocycles. The Labute approximate surface area is 469 Å². The fourth-order valence-corrected chi connectivity index (χ4v) is 18.3. The molecule has 3 spiro atoms. The molecule has 32 atom stereocenters. The van der Waals surface area contributed by atoms with Gasteiger partial charge in [0.05, 0.1) is 129 Å². The van der Waals surface area contributed by atoms with Gasteiger partial charge in [0, 0.05) is 63.7 Å². The van der Waals surface area contributed by atoms with Gasteiger partial charge in [-0.05, 0) is 86.7 Å². The quantitative estimate of drug-likeness (QED) is 0.235. The Hall–Kier alpha value is -1.73. The predicted octanol–water partition coefficient (Wildman–Crippen LogP) is 5.32. The molecule has 16 heterocycles. The first-order valence-electron chi connectivity index (χ1n) is 31.3. The van der Waals surface area contributed by atoms with Crippen molar-refractivity contribution in [2.75, 3.05) is 6.61 Å². The van der Waals surface area contributed by atoms with Crippen molar-refractivity contribution < 1.29 is 91.2 Å². The lowest BCUT2D eigenvalue weighted by Crippen LogP contribution is -2.62. The monoisotopic (exact) mass is 1120 g/mol. The highest BCUT2D eigenvalue weighted by molar-refractivity contribution is 5.70. The fourth-order valence-electron chi connectivity index (χ4n) is 18.3. The minimum Gasteiger partial charge on any atom is -0.459 e. The fraction of sp³-hybridized carbons (Fsp3) is 0.918. The van der Waals surface area contributed by atoms with E-state index in [1.807, 2.05) is 0 Å². The van der Waals surface area contributed by atoms with Crippen LogP contribution < -0.4 is 0 Å². The largest absolute Gasteiger partial charge is 0.459 e. The second-order valence-corrected chi connectivity index (χ2v) is 27.9. The summed E-state index contributed by atoms with van der Waals surface area (Å²) in [5, 5.41) is 30.3. The second-order valence-electron chi connectivity index (χ2n) is 27.9. The lowest BCUT2D eigenvalue weighted by atomic mass is 9.79. The van der Waals surface area contributed by atoms with Crippen molar-refractivity contribution >= 4 is 5.97 Å². The molecule has 80 heavy (non-hydrogen) atoms. The zero-order chi connectivity index (χ0) is 54.7. The van der Waals surface area contributed by atoms with E-state index in [0.717, 1.165) is 49.7 Å². The molecule has 0 aliphatic carbocycles. The topological polar surface area (TPSA) is 216 Å². The van der Waals surface area contributed by atoms with Crippen molar-refractivity contribution in [3.63, 3.8) is 0 Å². The lowest BCUT2D eigenvalue weighted by molar-refractivity contribution is -0.347. The number of fused-ring (bicyclic) bond motifs is 10. The first kappa shape index (κ1) is 54.9. The summed E-state index contributed by atoms with van der Waals surface area (Å²) in [4.78, 5) is 14.6. The maximum absolute atomic E-state index is 14.6. The summed E-state index contributed by atoms with van der Waals surface area (Å²) in [6.45, 7) is 17.5. The average Bonchev–Trinajstić information content (AvgIpc) is 3.35. The molecule has 0 saturated carbocycles. The molecule has 0 aromatic rings. The summed E-state index contributed by atoms with van der Waals surface area (Å²) in [7, 11) is 0. The van der Waals surface area contributed by atoms with Crippen molar-refractivity contribution in [1.82, 2.24) is 0 Å². The van der Waals surface area contributed by atoms with E-state index < -0.39 is 66.2 Å². The zero-order valence-corrected chi connectivity index (χ0v) is 47.2. The molecule has 1 unspecified atom stereocenters. The normalized spacial score (nSPS) is 56.6. The summed E-state index contributed by atoms with van der Waals surface area (Å²) < 4.78 is 104. The van der Waals surface area contributed by atoms with Gasteiger partial charge in [-0.2, -0.15) is 0 Å². The zero-order valence-electron chi connectivity index (χ0n) is 47.2. The summed E-state index contributed by atoms with van der Waals surface area (Å²) in [5.41, 5.74) is 2.15. The molecule has 16 saturated heterocycles. The van der Waals surface area contributed by atoms with E-state index >= 15 is 0 Å². The van der Waals surface area contributed by atoms with Gasteiger partial charge >= 0.3 is 5.97 Å². The van der Waals surface area contributed by atoms with Gasteiger partial charge in [0.1, 0.15) is 36.6 Å². The first-order valence-corrected chi connectivity index (χ1v) is 31.3. The Morgan fingerprint density at radius 1 is 0.500 bits per heavy atom. The summed E-state index contributed by atoms with van der Waals surface area (Å²) >= 11 is 0. The van der Waals surface area contributed by atoms with E-state index in [0.29, 0.717) is 77.0 Å². The smallest absolute Gasteiger partial charge is 0.308 e. The van der Waals surface area contributed by atoms with Crippen LogP contribution in [-0.4, -0.2) is 198 Å². The number of carbonyl (C=O) groups is 1. The Bertz CT molecular complexity index is 2360. The predicted molar refractivity (Wildman–Crippen MR) is 278 cm³/mol. The third-order valence-corrected chi connectivity index (χ3v) is 22.2. The van der Waals surface area contributed by atoms with Crippen LogP contribution in [-0.2, 0) is 75.8 Å². The summed E-state index contributed by atoms with van der Waals surface area (Å²) in [6.07, 6.45) is 3.36. The highest BCUT2D eigenvalue weighted by atomic mass is 16.8. The number of hydrogen-bond donors (Lipinski definition) is 3. The Kier molecular flexibility index (Phi) is 14.2. The minimum absolute atomic E-state index is 0.0148. The maximum atomic E-state index is 14.6. The third-order valence-electron chi connectivity index (χ3n) is 22.2. The average molecular weight is 1130 g/mol. The van der Waals surface area contributed by atoms with Gasteiger partial charge in [-0.15, -0.1) is 0 Å². The number of esters is 1. The molecule has 3 N–H and O–H groups in total. The van der Waals surface area contributed by atoms with Gasteiger partial charge in [-0.3, -0.25) is 4.79 Å². The molecule has 16 fully saturated rings.